The Kier molecular flexibility index (Phi) is 7.93. The molecule has 0 bridgehead atoms. The van der Waals surface area contributed by atoms with E-state index < -0.39 is 24.7 Å². The minimum atomic E-state index is -4.39. The van der Waals surface area contributed by atoms with Gasteiger partial charge in [-0.15, -0.1) is 0 Å². The maximum atomic E-state index is 12.3. The lowest BCUT2D eigenvalue weighted by Crippen LogP contribution is -2.41. The Morgan fingerprint density at radius 3 is 2.50 bits per heavy atom. The van der Waals surface area contributed by atoms with Gasteiger partial charge in [-0.1, -0.05) is 0 Å². The summed E-state index contributed by atoms with van der Waals surface area (Å²) in [6, 6.07) is -0.444. The minimum absolute atomic E-state index is 0.0328. The topological polar surface area (TPSA) is 55.6 Å². The second-order valence-corrected chi connectivity index (χ2v) is 4.16. The predicted octanol–water partition coefficient (Wildman–Crippen LogP) is 1.54. The van der Waals surface area contributed by atoms with Gasteiger partial charge in [-0.05, 0) is 20.3 Å². The van der Waals surface area contributed by atoms with Crippen LogP contribution < -0.4 is 5.73 Å². The Morgan fingerprint density at radius 1 is 1.44 bits per heavy atom. The van der Waals surface area contributed by atoms with E-state index in [2.05, 4.69) is 0 Å². The lowest BCUT2D eigenvalue weighted by molar-refractivity contribution is -0.161. The van der Waals surface area contributed by atoms with Gasteiger partial charge in [-0.2, -0.15) is 13.2 Å². The van der Waals surface area contributed by atoms with E-state index in [1.807, 2.05) is 0 Å². The molecule has 0 spiro atoms. The molecule has 0 saturated carbocycles. The summed E-state index contributed by atoms with van der Waals surface area (Å²) in [7, 11) is 0. The third-order valence-electron chi connectivity index (χ3n) is 2.14. The number of amides is 1. The highest BCUT2D eigenvalue weighted by Crippen LogP contribution is 2.17. The molecule has 108 valence electrons. The van der Waals surface area contributed by atoms with Crippen LogP contribution >= 0.6 is 0 Å². The summed E-state index contributed by atoms with van der Waals surface area (Å²) in [6.45, 7) is 3.04. The van der Waals surface area contributed by atoms with Crippen molar-refractivity contribution in [2.45, 2.75) is 38.9 Å². The van der Waals surface area contributed by atoms with Gasteiger partial charge in [-0.25, -0.2) is 0 Å². The van der Waals surface area contributed by atoms with Crippen LogP contribution in [0.15, 0.2) is 0 Å². The van der Waals surface area contributed by atoms with Gasteiger partial charge in [-0.3, -0.25) is 4.79 Å². The highest BCUT2D eigenvalue weighted by atomic mass is 19.4. The average Bonchev–Trinajstić information content (AvgIpc) is 2.20. The van der Waals surface area contributed by atoms with E-state index in [-0.39, 0.29) is 13.0 Å². The van der Waals surface area contributed by atoms with E-state index in [0.717, 1.165) is 4.90 Å². The highest BCUT2D eigenvalue weighted by molar-refractivity contribution is 5.76. The first-order valence-electron chi connectivity index (χ1n) is 5.94. The highest BCUT2D eigenvalue weighted by Gasteiger charge is 2.32. The molecule has 1 amide bonds. The number of nitrogens with two attached hydrogens (primary N) is 1. The van der Waals surface area contributed by atoms with E-state index in [0.29, 0.717) is 19.6 Å². The Morgan fingerprint density at radius 2 is 2.06 bits per heavy atom. The van der Waals surface area contributed by atoms with Crippen molar-refractivity contribution >= 4 is 5.91 Å². The molecule has 0 aliphatic rings. The molecule has 4 nitrogen and oxygen atoms in total. The number of ether oxygens (including phenoxy) is 1. The van der Waals surface area contributed by atoms with Gasteiger partial charge >= 0.3 is 6.18 Å². The van der Waals surface area contributed by atoms with Gasteiger partial charge in [0.2, 0.25) is 5.91 Å². The first-order chi connectivity index (χ1) is 8.26. The van der Waals surface area contributed by atoms with Gasteiger partial charge in [0.15, 0.2) is 0 Å². The number of carbonyl (C=O) groups excluding carboxylic acids is 1. The molecule has 0 aromatic rings. The summed E-state index contributed by atoms with van der Waals surface area (Å²) in [6.07, 6.45) is -4.08. The van der Waals surface area contributed by atoms with Crippen molar-refractivity contribution in [3.05, 3.63) is 0 Å². The minimum Gasteiger partial charge on any atom is -0.382 e. The van der Waals surface area contributed by atoms with E-state index in [9.17, 15) is 18.0 Å². The van der Waals surface area contributed by atoms with Crippen LogP contribution in [0.1, 0.15) is 26.7 Å². The first kappa shape index (κ1) is 17.2. The molecular formula is C11H21F3N2O2. The summed E-state index contributed by atoms with van der Waals surface area (Å²) in [4.78, 5) is 12.4. The van der Waals surface area contributed by atoms with Gasteiger partial charge in [0.05, 0.1) is 0 Å². The lowest BCUT2D eigenvalue weighted by atomic mass is 10.2. The summed E-state index contributed by atoms with van der Waals surface area (Å²) in [5.74, 6) is -0.571. The fourth-order valence-corrected chi connectivity index (χ4v) is 1.41. The van der Waals surface area contributed by atoms with Crippen LogP contribution in [0.5, 0.6) is 0 Å². The molecule has 7 heteroatoms. The fraction of sp³-hybridized carbons (Fsp3) is 0.909. The summed E-state index contributed by atoms with van der Waals surface area (Å²) in [5.41, 5.74) is 5.42. The van der Waals surface area contributed by atoms with Crippen LogP contribution in [0.4, 0.5) is 13.2 Å². The van der Waals surface area contributed by atoms with E-state index in [1.165, 1.54) is 0 Å². The number of hydrogen-bond donors (Lipinski definition) is 1. The van der Waals surface area contributed by atoms with Crippen molar-refractivity contribution in [3.8, 4) is 0 Å². The van der Waals surface area contributed by atoms with E-state index in [1.54, 1.807) is 13.8 Å². The molecule has 0 saturated heterocycles. The molecule has 0 heterocycles. The molecule has 0 aliphatic carbocycles. The maximum Gasteiger partial charge on any atom is 0.406 e. The molecule has 0 radical (unpaired) electrons. The standard InChI is InChI=1S/C11H21F3N2O2/c1-3-18-6-4-5-16(8-11(12,13)14)10(17)7-9(2)15/h9H,3-8,15H2,1-2H3. The third kappa shape index (κ3) is 9.23. The lowest BCUT2D eigenvalue weighted by Gasteiger charge is -2.24. The van der Waals surface area contributed by atoms with Gasteiger partial charge < -0.3 is 15.4 Å². The first-order valence-corrected chi connectivity index (χ1v) is 5.94. The largest absolute Gasteiger partial charge is 0.406 e. The molecular weight excluding hydrogens is 249 g/mol. The number of hydrogen-bond acceptors (Lipinski definition) is 3. The van der Waals surface area contributed by atoms with Crippen LogP contribution in [0, 0.1) is 0 Å². The number of rotatable bonds is 8. The zero-order valence-electron chi connectivity index (χ0n) is 10.8. The summed E-state index contributed by atoms with van der Waals surface area (Å²) < 4.78 is 42.0. The third-order valence-corrected chi connectivity index (χ3v) is 2.14. The van der Waals surface area contributed by atoms with Crippen LogP contribution in [-0.2, 0) is 9.53 Å². The molecule has 0 aliphatic heterocycles. The van der Waals surface area contributed by atoms with Gasteiger partial charge in [0, 0.05) is 32.2 Å². The Labute approximate surface area is 105 Å². The molecule has 2 N–H and O–H groups in total. The monoisotopic (exact) mass is 270 g/mol. The molecule has 0 rings (SSSR count). The smallest absolute Gasteiger partial charge is 0.382 e. The summed E-state index contributed by atoms with van der Waals surface area (Å²) in [5, 5.41) is 0. The molecule has 1 atom stereocenters. The van der Waals surface area contributed by atoms with Crippen molar-refractivity contribution < 1.29 is 22.7 Å². The van der Waals surface area contributed by atoms with E-state index in [4.69, 9.17) is 10.5 Å². The molecule has 18 heavy (non-hydrogen) atoms. The molecule has 0 aromatic carbocycles. The quantitative estimate of drug-likeness (QED) is 0.681. The fourth-order valence-electron chi connectivity index (χ4n) is 1.41. The molecule has 0 aromatic heterocycles. The van der Waals surface area contributed by atoms with Crippen molar-refractivity contribution in [1.29, 1.82) is 0 Å². The van der Waals surface area contributed by atoms with Crippen molar-refractivity contribution in [1.82, 2.24) is 4.90 Å². The number of nitrogens with zero attached hydrogens (tertiary/aromatic N) is 1. The van der Waals surface area contributed by atoms with Crippen molar-refractivity contribution in [2.75, 3.05) is 26.3 Å². The number of halogens is 3. The van der Waals surface area contributed by atoms with Crippen LogP contribution in [0.2, 0.25) is 0 Å². The normalized spacial score (nSPS) is 13.4. The van der Waals surface area contributed by atoms with Gasteiger partial charge in [0.1, 0.15) is 6.54 Å². The van der Waals surface area contributed by atoms with Crippen LogP contribution in [-0.4, -0.2) is 49.3 Å². The van der Waals surface area contributed by atoms with Crippen molar-refractivity contribution in [2.24, 2.45) is 5.73 Å². The van der Waals surface area contributed by atoms with E-state index >= 15 is 0 Å². The van der Waals surface area contributed by atoms with Gasteiger partial charge in [0.25, 0.3) is 0 Å². The van der Waals surface area contributed by atoms with Crippen LogP contribution in [0.25, 0.3) is 0 Å². The Bertz CT molecular complexity index is 245. The molecule has 1 unspecified atom stereocenters. The Hall–Kier alpha value is -0.820. The SMILES string of the molecule is CCOCCCN(CC(F)(F)F)C(=O)CC(C)N. The Balaban J connectivity index is 4.28. The summed E-state index contributed by atoms with van der Waals surface area (Å²) >= 11 is 0. The van der Waals surface area contributed by atoms with Crippen molar-refractivity contribution in [3.63, 3.8) is 0 Å². The average molecular weight is 270 g/mol. The number of alkyl halides is 3. The molecule has 0 fully saturated rings. The zero-order valence-corrected chi connectivity index (χ0v) is 10.8. The maximum absolute atomic E-state index is 12.3. The number of carbonyl (C=O) groups is 1. The van der Waals surface area contributed by atoms with Crippen LogP contribution in [0.3, 0.4) is 0 Å². The second kappa shape index (κ2) is 8.31. The second-order valence-electron chi connectivity index (χ2n) is 4.16. The predicted molar refractivity (Wildman–Crippen MR) is 62.0 cm³/mol. The zero-order chi connectivity index (χ0) is 14.2.